The normalized spacial score (nSPS) is 12.6. The Morgan fingerprint density at radius 1 is 1.26 bits per heavy atom. The van der Waals surface area contributed by atoms with Crippen LogP contribution in [0.5, 0.6) is 11.5 Å². The van der Waals surface area contributed by atoms with Gasteiger partial charge in [-0.25, -0.2) is 0 Å². The molecule has 0 aromatic heterocycles. The Morgan fingerprint density at radius 2 is 2.09 bits per heavy atom. The molecule has 0 aliphatic carbocycles. The fraction of sp³-hybridized carbons (Fsp3) is 0.167. The molecule has 0 amide bonds. The number of ketones is 1. The van der Waals surface area contributed by atoms with Gasteiger partial charge in [-0.2, -0.15) is 0 Å². The number of ether oxygens (including phenoxy) is 2. The third-order valence-corrected chi connectivity index (χ3v) is 4.10. The Kier molecular flexibility index (Phi) is 4.26. The number of nitrogens with zero attached hydrogens (tertiary/aromatic N) is 1. The van der Waals surface area contributed by atoms with Gasteiger partial charge < -0.3 is 14.4 Å². The first kappa shape index (κ1) is 15.4. The molecule has 0 N–H and O–H groups in total. The minimum atomic E-state index is -0.0133. The van der Waals surface area contributed by atoms with Gasteiger partial charge in [-0.05, 0) is 35.9 Å². The minimum Gasteiger partial charge on any atom is -0.497 e. The lowest BCUT2D eigenvalue weighted by Crippen LogP contribution is -2.14. The van der Waals surface area contributed by atoms with E-state index < -0.39 is 0 Å². The van der Waals surface area contributed by atoms with Crippen LogP contribution in [0.4, 0.5) is 5.69 Å². The summed E-state index contributed by atoms with van der Waals surface area (Å²) in [6.07, 6.45) is 3.64. The summed E-state index contributed by atoms with van der Waals surface area (Å²) in [4.78, 5) is 14.4. The monoisotopic (exact) mass is 329 g/mol. The van der Waals surface area contributed by atoms with E-state index in [1.165, 1.54) is 0 Å². The summed E-state index contributed by atoms with van der Waals surface area (Å²) in [6, 6.07) is 10.8. The molecule has 118 valence electrons. The second-order valence-corrected chi connectivity index (χ2v) is 5.66. The number of halogens is 1. The average molecular weight is 330 g/mol. The Bertz CT molecular complexity index is 786. The molecule has 2 aromatic carbocycles. The van der Waals surface area contributed by atoms with Crippen LogP contribution in [0.1, 0.15) is 15.9 Å². The largest absolute Gasteiger partial charge is 0.497 e. The molecular weight excluding hydrogens is 314 g/mol. The summed E-state index contributed by atoms with van der Waals surface area (Å²) in [6.45, 7) is 0. The maximum atomic E-state index is 12.5. The van der Waals surface area contributed by atoms with Gasteiger partial charge in [0, 0.05) is 30.3 Å². The molecule has 0 atom stereocenters. The van der Waals surface area contributed by atoms with Crippen molar-refractivity contribution in [3.05, 3.63) is 65.0 Å². The van der Waals surface area contributed by atoms with E-state index in [1.807, 2.05) is 30.3 Å². The van der Waals surface area contributed by atoms with Gasteiger partial charge in [-0.15, -0.1) is 0 Å². The fourth-order valence-corrected chi connectivity index (χ4v) is 2.66. The molecule has 3 rings (SSSR count). The lowest BCUT2D eigenvalue weighted by atomic mass is 10.0. The number of carbonyl (C=O) groups excluding carboxylic acids is 1. The lowest BCUT2D eigenvalue weighted by Gasteiger charge is -2.22. The number of hydrogen-bond donors (Lipinski definition) is 0. The molecule has 0 spiro atoms. The molecule has 1 aliphatic heterocycles. The van der Waals surface area contributed by atoms with E-state index in [9.17, 15) is 4.79 Å². The van der Waals surface area contributed by atoms with Crippen molar-refractivity contribution in [1.82, 2.24) is 0 Å². The molecule has 0 saturated carbocycles. The third kappa shape index (κ3) is 3.17. The van der Waals surface area contributed by atoms with Gasteiger partial charge in [-0.1, -0.05) is 17.7 Å². The molecule has 2 aromatic rings. The third-order valence-electron chi connectivity index (χ3n) is 3.75. The maximum Gasteiger partial charge on any atom is 0.167 e. The van der Waals surface area contributed by atoms with Crippen LogP contribution in [0.2, 0.25) is 5.02 Å². The van der Waals surface area contributed by atoms with Gasteiger partial charge in [0.25, 0.3) is 0 Å². The van der Waals surface area contributed by atoms with E-state index >= 15 is 0 Å². The number of rotatable bonds is 4. The van der Waals surface area contributed by atoms with Crippen LogP contribution in [0, 0.1) is 0 Å². The number of benzene rings is 2. The molecule has 0 unspecified atom stereocenters. The number of hydrogen-bond acceptors (Lipinski definition) is 4. The standard InChI is InChI=1S/C18H16ClNO3/c1-20-7-8-23-18-10-13(4-6-16(18)20)17(21)9-12-3-5-14(22-2)11-15(12)19/h3-8,10-11H,9H2,1-2H3. The van der Waals surface area contributed by atoms with Crippen LogP contribution in [0.3, 0.4) is 0 Å². The van der Waals surface area contributed by atoms with Gasteiger partial charge in [-0.3, -0.25) is 4.79 Å². The molecule has 1 aliphatic rings. The summed E-state index contributed by atoms with van der Waals surface area (Å²) in [7, 11) is 3.51. The van der Waals surface area contributed by atoms with Crippen molar-refractivity contribution in [3.8, 4) is 11.5 Å². The summed E-state index contributed by atoms with van der Waals surface area (Å²) < 4.78 is 10.6. The quantitative estimate of drug-likeness (QED) is 0.792. The van der Waals surface area contributed by atoms with E-state index in [0.29, 0.717) is 22.1 Å². The summed E-state index contributed by atoms with van der Waals surface area (Å²) in [5.41, 5.74) is 2.29. The van der Waals surface area contributed by atoms with E-state index in [4.69, 9.17) is 21.1 Å². The number of anilines is 1. The van der Waals surface area contributed by atoms with E-state index in [0.717, 1.165) is 11.3 Å². The molecule has 4 nitrogen and oxygen atoms in total. The van der Waals surface area contributed by atoms with E-state index in [1.54, 1.807) is 37.6 Å². The average Bonchev–Trinajstić information content (AvgIpc) is 2.56. The van der Waals surface area contributed by atoms with Crippen molar-refractivity contribution in [2.45, 2.75) is 6.42 Å². The summed E-state index contributed by atoms with van der Waals surface area (Å²) in [5, 5.41) is 0.523. The van der Waals surface area contributed by atoms with Gasteiger partial charge in [0.05, 0.1) is 12.8 Å². The predicted molar refractivity (Wildman–Crippen MR) is 90.7 cm³/mol. The van der Waals surface area contributed by atoms with Crippen molar-refractivity contribution in [2.75, 3.05) is 19.1 Å². The van der Waals surface area contributed by atoms with Crippen LogP contribution >= 0.6 is 11.6 Å². The molecule has 0 saturated heterocycles. The first-order valence-electron chi connectivity index (χ1n) is 7.14. The van der Waals surface area contributed by atoms with Crippen LogP contribution in [-0.2, 0) is 6.42 Å². The molecule has 1 heterocycles. The highest BCUT2D eigenvalue weighted by Crippen LogP contribution is 2.32. The summed E-state index contributed by atoms with van der Waals surface area (Å²) in [5.74, 6) is 1.32. The first-order valence-corrected chi connectivity index (χ1v) is 7.52. The maximum absolute atomic E-state index is 12.5. The molecule has 0 radical (unpaired) electrons. The SMILES string of the molecule is COc1ccc(CC(=O)c2ccc3c(c2)OC=CN3C)c(Cl)c1. The van der Waals surface area contributed by atoms with Crippen molar-refractivity contribution >= 4 is 23.1 Å². The highest BCUT2D eigenvalue weighted by atomic mass is 35.5. The van der Waals surface area contributed by atoms with E-state index in [2.05, 4.69) is 0 Å². The summed E-state index contributed by atoms with van der Waals surface area (Å²) >= 11 is 6.20. The Morgan fingerprint density at radius 3 is 2.83 bits per heavy atom. The highest BCUT2D eigenvalue weighted by molar-refractivity contribution is 6.31. The molecule has 0 bridgehead atoms. The smallest absolute Gasteiger partial charge is 0.167 e. The van der Waals surface area contributed by atoms with Crippen LogP contribution in [0.25, 0.3) is 0 Å². The van der Waals surface area contributed by atoms with Gasteiger partial charge in [0.2, 0.25) is 0 Å². The van der Waals surface area contributed by atoms with Crippen molar-refractivity contribution < 1.29 is 14.3 Å². The van der Waals surface area contributed by atoms with Crippen molar-refractivity contribution in [1.29, 1.82) is 0 Å². The zero-order valence-electron chi connectivity index (χ0n) is 12.9. The molecule has 23 heavy (non-hydrogen) atoms. The van der Waals surface area contributed by atoms with Crippen LogP contribution in [0.15, 0.2) is 48.9 Å². The number of fused-ring (bicyclic) bond motifs is 1. The van der Waals surface area contributed by atoms with Crippen LogP contribution in [-0.4, -0.2) is 19.9 Å². The zero-order valence-corrected chi connectivity index (χ0v) is 13.6. The molecule has 0 fully saturated rings. The lowest BCUT2D eigenvalue weighted by molar-refractivity contribution is 0.0992. The highest BCUT2D eigenvalue weighted by Gasteiger charge is 2.16. The van der Waals surface area contributed by atoms with Gasteiger partial charge in [0.1, 0.15) is 12.0 Å². The fourth-order valence-electron chi connectivity index (χ4n) is 2.42. The Balaban J connectivity index is 1.82. The second-order valence-electron chi connectivity index (χ2n) is 5.25. The van der Waals surface area contributed by atoms with Crippen molar-refractivity contribution in [3.63, 3.8) is 0 Å². The molecule has 5 heteroatoms. The number of methoxy groups -OCH3 is 1. The van der Waals surface area contributed by atoms with Crippen LogP contribution < -0.4 is 14.4 Å². The van der Waals surface area contributed by atoms with Gasteiger partial charge in [0.15, 0.2) is 11.5 Å². The second kappa shape index (κ2) is 6.34. The van der Waals surface area contributed by atoms with Gasteiger partial charge >= 0.3 is 0 Å². The zero-order chi connectivity index (χ0) is 16.4. The number of carbonyl (C=O) groups is 1. The Hall–Kier alpha value is -2.46. The first-order chi connectivity index (χ1) is 11.1. The molecular formula is C18H16ClNO3. The minimum absolute atomic E-state index is 0.0133. The predicted octanol–water partition coefficient (Wildman–Crippen LogP) is 4.07. The van der Waals surface area contributed by atoms with E-state index in [-0.39, 0.29) is 12.2 Å². The topological polar surface area (TPSA) is 38.8 Å². The number of Topliss-reactive ketones (excluding diaryl/α,β-unsaturated/α-hetero) is 1. The Labute approximate surface area is 139 Å². The van der Waals surface area contributed by atoms with Crippen molar-refractivity contribution in [2.24, 2.45) is 0 Å².